The molecule has 112 valence electrons. The lowest BCUT2D eigenvalue weighted by Gasteiger charge is -2.42. The van der Waals surface area contributed by atoms with E-state index in [4.69, 9.17) is 4.74 Å². The zero-order chi connectivity index (χ0) is 15.3. The molecule has 0 N–H and O–H groups in total. The summed E-state index contributed by atoms with van der Waals surface area (Å²) in [5.41, 5.74) is 0.941. The molecule has 0 aromatic carbocycles. The second kappa shape index (κ2) is 7.36. The molecule has 1 aliphatic rings. The number of ether oxygens (including phenoxy) is 1. The van der Waals surface area contributed by atoms with Gasteiger partial charge in [-0.1, -0.05) is 20.1 Å². The van der Waals surface area contributed by atoms with E-state index in [1.165, 1.54) is 0 Å². The number of rotatable bonds is 6. The Morgan fingerprint density at radius 3 is 2.45 bits per heavy atom. The topological polar surface area (TPSA) is 49.9 Å². The standard InChI is InChI=1S/C15H24N2O3/c1-6-7-17(15(19)12(4)5)16-8-9-20-10-13(16)14(18)11(2)3/h13H,2,4,6-10H2,1,3,5H3. The molecule has 1 saturated heterocycles. The van der Waals surface area contributed by atoms with Crippen molar-refractivity contribution in [3.05, 3.63) is 24.3 Å². The predicted octanol–water partition coefficient (Wildman–Crippen LogP) is 1.56. The van der Waals surface area contributed by atoms with E-state index in [9.17, 15) is 9.59 Å². The van der Waals surface area contributed by atoms with Gasteiger partial charge in [0.1, 0.15) is 6.04 Å². The molecule has 1 amide bonds. The maximum Gasteiger partial charge on any atom is 0.263 e. The number of hydrogen-bond acceptors (Lipinski definition) is 4. The van der Waals surface area contributed by atoms with E-state index < -0.39 is 6.04 Å². The molecule has 0 aromatic rings. The van der Waals surface area contributed by atoms with Crippen molar-refractivity contribution < 1.29 is 14.3 Å². The van der Waals surface area contributed by atoms with Crippen LogP contribution in [-0.2, 0) is 14.3 Å². The molecule has 20 heavy (non-hydrogen) atoms. The molecule has 5 heteroatoms. The van der Waals surface area contributed by atoms with Gasteiger partial charge in [0.15, 0.2) is 5.78 Å². The van der Waals surface area contributed by atoms with Crippen LogP contribution >= 0.6 is 0 Å². The third kappa shape index (κ3) is 3.77. The van der Waals surface area contributed by atoms with E-state index in [1.807, 2.05) is 6.92 Å². The first-order chi connectivity index (χ1) is 9.40. The number of hydrazine groups is 1. The normalized spacial score (nSPS) is 19.4. The Morgan fingerprint density at radius 1 is 1.30 bits per heavy atom. The molecule has 0 saturated carbocycles. The molecule has 5 nitrogen and oxygen atoms in total. The van der Waals surface area contributed by atoms with Crippen LogP contribution in [0.15, 0.2) is 24.3 Å². The minimum Gasteiger partial charge on any atom is -0.378 e. The maximum absolute atomic E-state index is 12.3. The molecule has 1 rings (SSSR count). The number of carbonyl (C=O) groups is 2. The van der Waals surface area contributed by atoms with Gasteiger partial charge in [-0.25, -0.2) is 5.01 Å². The quantitative estimate of drug-likeness (QED) is 0.693. The van der Waals surface area contributed by atoms with Crippen molar-refractivity contribution in [3.63, 3.8) is 0 Å². The molecule has 0 spiro atoms. The zero-order valence-electron chi connectivity index (χ0n) is 12.6. The number of carbonyl (C=O) groups excluding carboxylic acids is 2. The van der Waals surface area contributed by atoms with E-state index >= 15 is 0 Å². The van der Waals surface area contributed by atoms with Gasteiger partial charge in [0.25, 0.3) is 5.91 Å². The van der Waals surface area contributed by atoms with Crippen molar-refractivity contribution in [2.75, 3.05) is 26.3 Å². The average molecular weight is 280 g/mol. The molecule has 0 bridgehead atoms. The SMILES string of the molecule is C=C(C)C(=O)C1COCCN1N(CCC)C(=O)C(=C)C. The Labute approximate surface area is 120 Å². The Balaban J connectivity index is 3.00. The molecular formula is C15H24N2O3. The van der Waals surface area contributed by atoms with Gasteiger partial charge >= 0.3 is 0 Å². The van der Waals surface area contributed by atoms with Gasteiger partial charge in [-0.05, 0) is 25.8 Å². The first-order valence-corrected chi connectivity index (χ1v) is 6.91. The van der Waals surface area contributed by atoms with Crippen LogP contribution in [0.1, 0.15) is 27.2 Å². The van der Waals surface area contributed by atoms with Crippen LogP contribution in [0.4, 0.5) is 0 Å². The highest BCUT2D eigenvalue weighted by Crippen LogP contribution is 2.16. The molecule has 1 unspecified atom stereocenters. The van der Waals surface area contributed by atoms with Gasteiger partial charge in [0.05, 0.1) is 13.2 Å². The number of amides is 1. The van der Waals surface area contributed by atoms with Crippen LogP contribution in [0.25, 0.3) is 0 Å². The van der Waals surface area contributed by atoms with Gasteiger partial charge in [-0.15, -0.1) is 0 Å². The summed E-state index contributed by atoms with van der Waals surface area (Å²) in [6.45, 7) is 14.6. The van der Waals surface area contributed by atoms with E-state index in [0.717, 1.165) is 6.42 Å². The first kappa shape index (κ1) is 16.6. The Morgan fingerprint density at radius 2 is 1.95 bits per heavy atom. The van der Waals surface area contributed by atoms with Gasteiger partial charge < -0.3 is 4.74 Å². The molecule has 1 aliphatic heterocycles. The van der Waals surface area contributed by atoms with E-state index in [2.05, 4.69) is 13.2 Å². The van der Waals surface area contributed by atoms with E-state index in [-0.39, 0.29) is 18.3 Å². The summed E-state index contributed by atoms with van der Waals surface area (Å²) in [5.74, 6) is -0.228. The molecule has 0 aliphatic carbocycles. The van der Waals surface area contributed by atoms with Crippen molar-refractivity contribution in [2.24, 2.45) is 0 Å². The van der Waals surface area contributed by atoms with Crippen molar-refractivity contribution in [1.82, 2.24) is 10.0 Å². The lowest BCUT2D eigenvalue weighted by atomic mass is 10.1. The monoisotopic (exact) mass is 280 g/mol. The maximum atomic E-state index is 12.3. The minimum absolute atomic E-state index is 0.0830. The Bertz CT molecular complexity index is 417. The van der Waals surface area contributed by atoms with Gasteiger partial charge in [-0.2, -0.15) is 0 Å². The Hall–Kier alpha value is -1.46. The molecule has 0 aromatic heterocycles. The Kier molecular flexibility index (Phi) is 6.10. The molecular weight excluding hydrogens is 256 g/mol. The van der Waals surface area contributed by atoms with Crippen LogP contribution in [0, 0.1) is 0 Å². The summed E-state index contributed by atoms with van der Waals surface area (Å²) < 4.78 is 5.39. The van der Waals surface area contributed by atoms with E-state index in [1.54, 1.807) is 23.9 Å². The van der Waals surface area contributed by atoms with Crippen molar-refractivity contribution >= 4 is 11.7 Å². The largest absolute Gasteiger partial charge is 0.378 e. The van der Waals surface area contributed by atoms with Gasteiger partial charge in [-0.3, -0.25) is 14.6 Å². The third-order valence-electron chi connectivity index (χ3n) is 3.17. The molecule has 1 heterocycles. The minimum atomic E-state index is -0.476. The fraction of sp³-hybridized carbons (Fsp3) is 0.600. The first-order valence-electron chi connectivity index (χ1n) is 6.91. The van der Waals surface area contributed by atoms with Crippen LogP contribution < -0.4 is 0 Å². The van der Waals surface area contributed by atoms with Crippen LogP contribution in [0.5, 0.6) is 0 Å². The average Bonchev–Trinajstić information content (AvgIpc) is 2.43. The number of morpholine rings is 1. The molecule has 1 fully saturated rings. The van der Waals surface area contributed by atoms with Crippen molar-refractivity contribution in [2.45, 2.75) is 33.2 Å². The fourth-order valence-electron chi connectivity index (χ4n) is 2.16. The molecule has 0 radical (unpaired) electrons. The number of nitrogens with zero attached hydrogens (tertiary/aromatic N) is 2. The summed E-state index contributed by atoms with van der Waals surface area (Å²) in [6, 6.07) is -0.476. The highest BCUT2D eigenvalue weighted by molar-refractivity contribution is 5.99. The van der Waals surface area contributed by atoms with Gasteiger partial charge in [0, 0.05) is 18.7 Å². The van der Waals surface area contributed by atoms with Crippen LogP contribution in [0.3, 0.4) is 0 Å². The number of Topliss-reactive ketones (excluding diaryl/α,β-unsaturated/α-hetero) is 1. The van der Waals surface area contributed by atoms with Gasteiger partial charge in [0.2, 0.25) is 0 Å². The lowest BCUT2D eigenvalue weighted by Crippen LogP contribution is -2.59. The summed E-state index contributed by atoms with van der Waals surface area (Å²) in [7, 11) is 0. The third-order valence-corrected chi connectivity index (χ3v) is 3.17. The van der Waals surface area contributed by atoms with Crippen molar-refractivity contribution in [3.8, 4) is 0 Å². The summed E-state index contributed by atoms with van der Waals surface area (Å²) in [4.78, 5) is 24.5. The molecule has 1 atom stereocenters. The summed E-state index contributed by atoms with van der Waals surface area (Å²) in [5, 5.41) is 3.43. The predicted molar refractivity (Wildman–Crippen MR) is 78.0 cm³/mol. The zero-order valence-corrected chi connectivity index (χ0v) is 12.6. The summed E-state index contributed by atoms with van der Waals surface area (Å²) >= 11 is 0. The van der Waals surface area contributed by atoms with Crippen LogP contribution in [-0.4, -0.2) is 54.1 Å². The second-order valence-electron chi connectivity index (χ2n) is 5.11. The van der Waals surface area contributed by atoms with Crippen LogP contribution in [0.2, 0.25) is 0 Å². The van der Waals surface area contributed by atoms with E-state index in [0.29, 0.717) is 30.8 Å². The highest BCUT2D eigenvalue weighted by Gasteiger charge is 2.35. The fourth-order valence-corrected chi connectivity index (χ4v) is 2.16. The van der Waals surface area contributed by atoms with Crippen molar-refractivity contribution in [1.29, 1.82) is 0 Å². The summed E-state index contributed by atoms with van der Waals surface area (Å²) in [6.07, 6.45) is 0.810. The number of hydrogen-bond donors (Lipinski definition) is 0. The number of ketones is 1. The highest BCUT2D eigenvalue weighted by atomic mass is 16.5. The smallest absolute Gasteiger partial charge is 0.263 e. The lowest BCUT2D eigenvalue weighted by molar-refractivity contribution is -0.167. The second-order valence-corrected chi connectivity index (χ2v) is 5.11.